The van der Waals surface area contributed by atoms with Crippen molar-refractivity contribution in [2.45, 2.75) is 12.8 Å². The third kappa shape index (κ3) is 4.94. The minimum absolute atomic E-state index is 0.0172. The second-order valence-corrected chi connectivity index (χ2v) is 26.9. The van der Waals surface area contributed by atoms with E-state index >= 15 is 0 Å². The Kier molecular flexibility index (Phi) is 5.23. The number of halogens is 2. The summed E-state index contributed by atoms with van der Waals surface area (Å²) >= 11 is 1.06. The molecule has 1 saturated heterocycles. The van der Waals surface area contributed by atoms with Gasteiger partial charge in [-0.2, -0.15) is 0 Å². The molecule has 1 aliphatic heterocycles. The molecule has 0 aliphatic carbocycles. The van der Waals surface area contributed by atoms with Crippen LogP contribution in [0.3, 0.4) is 0 Å². The van der Waals surface area contributed by atoms with Crippen molar-refractivity contribution in [2.24, 2.45) is 0 Å². The van der Waals surface area contributed by atoms with Gasteiger partial charge in [0.1, 0.15) is 0 Å². The first-order chi connectivity index (χ1) is 6.90. The van der Waals surface area contributed by atoms with Crippen LogP contribution in [0.2, 0.25) is 0 Å². The zero-order valence-corrected chi connectivity index (χ0v) is 13.4. The summed E-state index contributed by atoms with van der Waals surface area (Å²) in [7, 11) is 0. The van der Waals surface area contributed by atoms with E-state index in [4.69, 9.17) is 0 Å². The molecule has 1 heterocycles. The van der Waals surface area contributed by atoms with Crippen LogP contribution in [0.15, 0.2) is 0 Å². The number of imide groups is 1. The molecule has 15 heavy (non-hydrogen) atoms. The summed E-state index contributed by atoms with van der Waals surface area (Å²) in [6.45, 7) is 1.26. The average molecular weight is 439 g/mol. The van der Waals surface area contributed by atoms with Gasteiger partial charge in [-0.3, -0.25) is 0 Å². The van der Waals surface area contributed by atoms with E-state index in [0.29, 0.717) is 19.4 Å². The Labute approximate surface area is 104 Å². The predicted octanol–water partition coefficient (Wildman–Crippen LogP) is -2.55. The summed E-state index contributed by atoms with van der Waals surface area (Å²) in [5.74, 6) is -0.0344. The number of hydrogen-bond acceptors (Lipinski definition) is 3. The van der Waals surface area contributed by atoms with Crippen LogP contribution in [0.1, 0.15) is 12.8 Å². The number of carbonyl (C=O) groups is 2. The second kappa shape index (κ2) is 5.76. The quantitative estimate of drug-likeness (QED) is 0.169. The molecule has 0 aromatic heterocycles. The summed E-state index contributed by atoms with van der Waals surface area (Å²) < 4.78 is 1.06. The van der Waals surface area contributed by atoms with Gasteiger partial charge >= 0.3 is 105 Å². The maximum absolute atomic E-state index is 11.3. The monoisotopic (exact) mass is 439 g/mol. The van der Waals surface area contributed by atoms with Crippen molar-refractivity contribution in [3.8, 4) is 0 Å². The molecule has 0 aromatic rings. The number of alkyl halides is 3. The third-order valence-corrected chi connectivity index (χ3v) is 6.37. The number of likely N-dealkylation sites (tertiary alicyclic amines) is 1. The normalized spacial score (nSPS) is 18.7. The Morgan fingerprint density at radius 1 is 1.33 bits per heavy atom. The number of carbonyl (C=O) groups excluding carboxylic acids is 2. The van der Waals surface area contributed by atoms with Crippen molar-refractivity contribution in [1.82, 2.24) is 10.2 Å². The van der Waals surface area contributed by atoms with Crippen molar-refractivity contribution >= 4 is 30.4 Å². The molecule has 1 rings (SSSR count). The molecular formula is C9H17I2N2O2-. The summed E-state index contributed by atoms with van der Waals surface area (Å²) in [4.78, 5) is 28.5. The third-order valence-electron chi connectivity index (χ3n) is 2.08. The van der Waals surface area contributed by atoms with Gasteiger partial charge in [-0.15, -0.1) is 0 Å². The molecule has 1 N–H and O–H groups in total. The predicted molar refractivity (Wildman–Crippen MR) is 64.7 cm³/mol. The summed E-state index contributed by atoms with van der Waals surface area (Å²) in [5.41, 5.74) is 0. The zero-order valence-electron chi connectivity index (χ0n) is 9.06. The van der Waals surface area contributed by atoms with Crippen LogP contribution in [-0.4, -0.2) is 44.2 Å². The van der Waals surface area contributed by atoms with Crippen LogP contribution in [0.5, 0.6) is 0 Å². The van der Waals surface area contributed by atoms with Crippen molar-refractivity contribution in [1.29, 1.82) is 0 Å². The molecule has 1 aliphatic rings. The van der Waals surface area contributed by atoms with Gasteiger partial charge in [0.25, 0.3) is 0 Å². The van der Waals surface area contributed by atoms with Crippen molar-refractivity contribution < 1.29 is 24.0 Å². The maximum atomic E-state index is 11.3. The summed E-state index contributed by atoms with van der Waals surface area (Å²) in [6, 6.07) is 0. The van der Waals surface area contributed by atoms with Gasteiger partial charge < -0.3 is 0 Å². The molecule has 0 aromatic carbocycles. The van der Waals surface area contributed by atoms with Crippen molar-refractivity contribution in [2.75, 3.05) is 27.5 Å². The number of nitrogens with zero attached hydrogens (tertiary/aromatic N) is 1. The fourth-order valence-electron chi connectivity index (χ4n) is 1.35. The van der Waals surface area contributed by atoms with Crippen LogP contribution in [0, 0.1) is 0 Å². The molecule has 6 heteroatoms. The van der Waals surface area contributed by atoms with Crippen LogP contribution in [0.25, 0.3) is 0 Å². The first-order valence-electron chi connectivity index (χ1n) is 4.75. The summed E-state index contributed by atoms with van der Waals surface area (Å²) in [6.07, 6.45) is 0.794. The second-order valence-electron chi connectivity index (χ2n) is 3.87. The van der Waals surface area contributed by atoms with E-state index in [2.05, 4.69) is 33.8 Å². The molecule has 0 radical (unpaired) electrons. The molecule has 0 unspecified atom stereocenters. The Morgan fingerprint density at radius 2 is 1.87 bits per heavy atom. The van der Waals surface area contributed by atoms with Gasteiger partial charge in [-0.05, 0) is 0 Å². The van der Waals surface area contributed by atoms with E-state index in [1.165, 1.54) is 4.90 Å². The molecule has 0 saturated carbocycles. The standard InChI is InChI=1S/C9H17I2N2O2/c1-11(2,10)7-12-5-6-13-8(14)3-4-9(13)15/h12H,3-7H2,1-2H3/q-1. The van der Waals surface area contributed by atoms with Crippen molar-refractivity contribution in [3.63, 3.8) is 0 Å². The van der Waals surface area contributed by atoms with E-state index < -0.39 is 14.5 Å². The van der Waals surface area contributed by atoms with Crippen molar-refractivity contribution in [3.05, 3.63) is 0 Å². The molecule has 90 valence electrons. The molecule has 2 amide bonds. The molecule has 0 spiro atoms. The van der Waals surface area contributed by atoms with Crippen LogP contribution < -0.4 is 19.8 Å². The minimum atomic E-state index is -1.48. The first-order valence-corrected chi connectivity index (χ1v) is 16.9. The molecule has 4 nitrogen and oxygen atoms in total. The van der Waals surface area contributed by atoms with Gasteiger partial charge in [0.05, 0.1) is 0 Å². The first kappa shape index (κ1) is 13.6. The number of rotatable bonds is 5. The van der Waals surface area contributed by atoms with Crippen LogP contribution >= 0.6 is 18.6 Å². The SMILES string of the molecule is C[I-](C)(I)CNCCN1C(=O)CCC1=O. The van der Waals surface area contributed by atoms with Gasteiger partial charge in [0.2, 0.25) is 0 Å². The fraction of sp³-hybridized carbons (Fsp3) is 0.778. The number of amides is 2. The number of nitrogens with one attached hydrogen (secondary N) is 1. The van der Waals surface area contributed by atoms with E-state index in [9.17, 15) is 9.59 Å². The molecule has 1 fully saturated rings. The Hall–Kier alpha value is 0.560. The van der Waals surface area contributed by atoms with E-state index in [1.54, 1.807) is 0 Å². The summed E-state index contributed by atoms with van der Waals surface area (Å²) in [5, 5.41) is 3.32. The fourth-order valence-corrected chi connectivity index (χ4v) is 4.39. The molecule has 0 atom stereocenters. The van der Waals surface area contributed by atoms with E-state index in [-0.39, 0.29) is 11.8 Å². The molecular weight excluding hydrogens is 422 g/mol. The Morgan fingerprint density at radius 3 is 2.33 bits per heavy atom. The van der Waals surface area contributed by atoms with Crippen LogP contribution in [0.4, 0.5) is 0 Å². The molecule has 0 bridgehead atoms. The number of hydrogen-bond donors (Lipinski definition) is 1. The Balaban J connectivity index is 2.20. The van der Waals surface area contributed by atoms with Gasteiger partial charge in [-0.1, -0.05) is 0 Å². The van der Waals surface area contributed by atoms with Crippen LogP contribution in [-0.2, 0) is 9.59 Å². The average Bonchev–Trinajstić information content (AvgIpc) is 2.40. The van der Waals surface area contributed by atoms with E-state index in [0.717, 1.165) is 11.1 Å². The Bertz CT molecular complexity index is 247. The zero-order chi connectivity index (χ0) is 11.5. The van der Waals surface area contributed by atoms with Gasteiger partial charge in [0.15, 0.2) is 0 Å². The van der Waals surface area contributed by atoms with E-state index in [1.807, 2.05) is 0 Å². The van der Waals surface area contributed by atoms with Gasteiger partial charge in [-0.25, -0.2) is 0 Å². The van der Waals surface area contributed by atoms with Gasteiger partial charge in [0, 0.05) is 0 Å². The topological polar surface area (TPSA) is 49.4 Å².